The third kappa shape index (κ3) is 3.86. The molecular weight excluding hydrogens is 246 g/mol. The third-order valence-corrected chi connectivity index (χ3v) is 3.96. The SMILES string of the molecule is N#CC(O)(CCC#CC1CCCCC1)c1ccccc1. The van der Waals surface area contributed by atoms with E-state index in [4.69, 9.17) is 0 Å². The molecule has 0 bridgehead atoms. The lowest BCUT2D eigenvalue weighted by molar-refractivity contribution is 0.0896. The van der Waals surface area contributed by atoms with E-state index in [-0.39, 0.29) is 0 Å². The van der Waals surface area contributed by atoms with Crippen LogP contribution in [0.25, 0.3) is 0 Å². The van der Waals surface area contributed by atoms with Gasteiger partial charge in [0.25, 0.3) is 0 Å². The molecule has 1 aromatic carbocycles. The van der Waals surface area contributed by atoms with Crippen LogP contribution in [-0.4, -0.2) is 5.11 Å². The molecule has 2 heteroatoms. The molecule has 1 aliphatic carbocycles. The highest BCUT2D eigenvalue weighted by Gasteiger charge is 2.27. The Morgan fingerprint density at radius 3 is 2.50 bits per heavy atom. The molecule has 1 aliphatic rings. The first-order valence-electron chi connectivity index (χ1n) is 7.42. The van der Waals surface area contributed by atoms with Gasteiger partial charge in [-0.15, -0.1) is 5.92 Å². The van der Waals surface area contributed by atoms with Crippen molar-refractivity contribution in [2.24, 2.45) is 5.92 Å². The van der Waals surface area contributed by atoms with Crippen molar-refractivity contribution in [1.29, 1.82) is 5.26 Å². The highest BCUT2D eigenvalue weighted by molar-refractivity contribution is 5.28. The monoisotopic (exact) mass is 267 g/mol. The van der Waals surface area contributed by atoms with Gasteiger partial charge >= 0.3 is 0 Å². The molecule has 2 rings (SSSR count). The van der Waals surface area contributed by atoms with Crippen molar-refractivity contribution in [2.45, 2.75) is 50.5 Å². The van der Waals surface area contributed by atoms with Crippen LogP contribution in [0.5, 0.6) is 0 Å². The fraction of sp³-hybridized carbons (Fsp3) is 0.500. The first-order chi connectivity index (χ1) is 9.74. The fourth-order valence-corrected chi connectivity index (χ4v) is 2.69. The molecule has 1 atom stereocenters. The molecule has 1 aromatic rings. The number of nitriles is 1. The number of aliphatic hydroxyl groups is 1. The standard InChI is InChI=1S/C18H21NO/c19-15-18(20,17-12-5-2-6-13-17)14-8-7-11-16-9-3-1-4-10-16/h2,5-6,12-13,16,20H,1,3-4,8-10,14H2. The van der Waals surface area contributed by atoms with E-state index in [2.05, 4.69) is 11.8 Å². The maximum Gasteiger partial charge on any atom is 0.177 e. The summed E-state index contributed by atoms with van der Waals surface area (Å²) in [5.41, 5.74) is -0.760. The summed E-state index contributed by atoms with van der Waals surface area (Å²) in [6.07, 6.45) is 7.24. The number of nitrogens with zero attached hydrogens (tertiary/aromatic N) is 1. The van der Waals surface area contributed by atoms with Crippen LogP contribution < -0.4 is 0 Å². The highest BCUT2D eigenvalue weighted by atomic mass is 16.3. The van der Waals surface area contributed by atoms with E-state index in [1.54, 1.807) is 12.1 Å². The van der Waals surface area contributed by atoms with Gasteiger partial charge in [-0.2, -0.15) is 5.26 Å². The van der Waals surface area contributed by atoms with Crippen molar-refractivity contribution in [1.82, 2.24) is 0 Å². The maximum atomic E-state index is 10.4. The van der Waals surface area contributed by atoms with E-state index in [9.17, 15) is 10.4 Å². The average molecular weight is 267 g/mol. The van der Waals surface area contributed by atoms with E-state index in [0.717, 1.165) is 0 Å². The fourth-order valence-electron chi connectivity index (χ4n) is 2.69. The highest BCUT2D eigenvalue weighted by Crippen LogP contribution is 2.26. The average Bonchev–Trinajstić information content (AvgIpc) is 2.53. The number of hydrogen-bond donors (Lipinski definition) is 1. The molecule has 0 amide bonds. The molecule has 104 valence electrons. The minimum Gasteiger partial charge on any atom is -0.371 e. The molecule has 0 aliphatic heterocycles. The first kappa shape index (κ1) is 14.6. The predicted molar refractivity (Wildman–Crippen MR) is 79.5 cm³/mol. The van der Waals surface area contributed by atoms with Crippen LogP contribution >= 0.6 is 0 Å². The summed E-state index contributed by atoms with van der Waals surface area (Å²) in [6.45, 7) is 0. The van der Waals surface area contributed by atoms with Crippen LogP contribution in [0.4, 0.5) is 0 Å². The van der Waals surface area contributed by atoms with Crippen molar-refractivity contribution in [3.05, 3.63) is 35.9 Å². The van der Waals surface area contributed by atoms with Gasteiger partial charge in [-0.25, -0.2) is 0 Å². The lowest BCUT2D eigenvalue weighted by atomic mass is 9.88. The lowest BCUT2D eigenvalue weighted by Crippen LogP contribution is -2.23. The zero-order valence-corrected chi connectivity index (χ0v) is 11.8. The van der Waals surface area contributed by atoms with Crippen molar-refractivity contribution in [3.63, 3.8) is 0 Å². The summed E-state index contributed by atoms with van der Waals surface area (Å²) in [5, 5.41) is 19.6. The van der Waals surface area contributed by atoms with E-state index in [1.165, 1.54) is 32.1 Å². The maximum absolute atomic E-state index is 10.4. The van der Waals surface area contributed by atoms with Gasteiger partial charge in [0.1, 0.15) is 6.07 Å². The number of benzene rings is 1. The van der Waals surface area contributed by atoms with Crippen LogP contribution in [0, 0.1) is 29.1 Å². The van der Waals surface area contributed by atoms with Gasteiger partial charge in [0.2, 0.25) is 0 Å². The van der Waals surface area contributed by atoms with Gasteiger partial charge in [0.15, 0.2) is 5.60 Å². The topological polar surface area (TPSA) is 44.0 Å². The Morgan fingerprint density at radius 1 is 1.15 bits per heavy atom. The normalized spacial score (nSPS) is 18.4. The summed E-state index contributed by atoms with van der Waals surface area (Å²) in [5.74, 6) is 6.98. The van der Waals surface area contributed by atoms with Crippen LogP contribution in [0.3, 0.4) is 0 Å². The Labute approximate surface area is 121 Å². The number of rotatable bonds is 3. The molecule has 1 saturated carbocycles. The largest absolute Gasteiger partial charge is 0.371 e. The van der Waals surface area contributed by atoms with Gasteiger partial charge in [-0.05, 0) is 18.4 Å². The van der Waals surface area contributed by atoms with Crippen molar-refractivity contribution < 1.29 is 5.11 Å². The Balaban J connectivity index is 1.91. The second-order valence-electron chi connectivity index (χ2n) is 5.49. The van der Waals surface area contributed by atoms with Crippen LogP contribution in [0.2, 0.25) is 0 Å². The molecule has 0 radical (unpaired) electrons. The van der Waals surface area contributed by atoms with Gasteiger partial charge < -0.3 is 5.11 Å². The van der Waals surface area contributed by atoms with E-state index < -0.39 is 5.60 Å². The summed E-state index contributed by atoms with van der Waals surface area (Å²) in [7, 11) is 0. The van der Waals surface area contributed by atoms with Crippen LogP contribution in [0.1, 0.15) is 50.5 Å². The van der Waals surface area contributed by atoms with Crippen LogP contribution in [-0.2, 0) is 5.60 Å². The Bertz CT molecular complexity index is 514. The summed E-state index contributed by atoms with van der Waals surface area (Å²) < 4.78 is 0. The van der Waals surface area contributed by atoms with Crippen molar-refractivity contribution >= 4 is 0 Å². The van der Waals surface area contributed by atoms with E-state index in [1.807, 2.05) is 24.3 Å². The first-order valence-corrected chi connectivity index (χ1v) is 7.42. The second kappa shape index (κ2) is 7.13. The summed E-state index contributed by atoms with van der Waals surface area (Å²) in [6, 6.07) is 11.2. The summed E-state index contributed by atoms with van der Waals surface area (Å²) >= 11 is 0. The van der Waals surface area contributed by atoms with Gasteiger partial charge in [0.05, 0.1) is 0 Å². The lowest BCUT2D eigenvalue weighted by Gasteiger charge is -2.19. The molecule has 0 spiro atoms. The molecule has 1 fully saturated rings. The molecule has 0 aromatic heterocycles. The molecule has 1 N–H and O–H groups in total. The molecule has 2 nitrogen and oxygen atoms in total. The van der Waals surface area contributed by atoms with Crippen molar-refractivity contribution in [3.8, 4) is 17.9 Å². The van der Waals surface area contributed by atoms with Gasteiger partial charge in [-0.1, -0.05) is 55.5 Å². The third-order valence-electron chi connectivity index (χ3n) is 3.96. The quantitative estimate of drug-likeness (QED) is 0.669. The Hall–Kier alpha value is -1.77. The molecule has 0 saturated heterocycles. The molecule has 0 heterocycles. The van der Waals surface area contributed by atoms with Gasteiger partial charge in [-0.3, -0.25) is 0 Å². The molecular formula is C18H21NO. The smallest absolute Gasteiger partial charge is 0.177 e. The summed E-state index contributed by atoms with van der Waals surface area (Å²) in [4.78, 5) is 0. The molecule has 1 unspecified atom stereocenters. The molecule has 20 heavy (non-hydrogen) atoms. The van der Waals surface area contributed by atoms with E-state index >= 15 is 0 Å². The zero-order valence-electron chi connectivity index (χ0n) is 11.8. The van der Waals surface area contributed by atoms with Crippen molar-refractivity contribution in [2.75, 3.05) is 0 Å². The minimum atomic E-state index is -1.41. The Kier molecular flexibility index (Phi) is 5.22. The zero-order chi connectivity index (χ0) is 14.3. The van der Waals surface area contributed by atoms with Gasteiger partial charge in [0, 0.05) is 18.8 Å². The second-order valence-corrected chi connectivity index (χ2v) is 5.49. The van der Waals surface area contributed by atoms with Crippen LogP contribution in [0.15, 0.2) is 30.3 Å². The minimum absolute atomic E-state index is 0.368. The van der Waals surface area contributed by atoms with E-state index in [0.29, 0.717) is 24.3 Å². The Morgan fingerprint density at radius 2 is 1.85 bits per heavy atom. The number of hydrogen-bond acceptors (Lipinski definition) is 2. The predicted octanol–water partition coefficient (Wildman–Crippen LogP) is 3.76.